The molecule has 3 rings (SSSR count). The van der Waals surface area contributed by atoms with Crippen molar-refractivity contribution >= 4 is 22.8 Å². The van der Waals surface area contributed by atoms with Crippen molar-refractivity contribution in [1.82, 2.24) is 4.57 Å². The van der Waals surface area contributed by atoms with Crippen LogP contribution in [0.25, 0.3) is 10.9 Å². The van der Waals surface area contributed by atoms with Gasteiger partial charge in [-0.05, 0) is 12.1 Å². The number of esters is 2. The van der Waals surface area contributed by atoms with Gasteiger partial charge in [0.15, 0.2) is 5.43 Å². The Balaban J connectivity index is 2.57. The van der Waals surface area contributed by atoms with E-state index in [0.29, 0.717) is 10.9 Å². The smallest absolute Gasteiger partial charge is 0.348 e. The second kappa shape index (κ2) is 5.93. The number of hydrogen-bond acceptors (Lipinski definition) is 7. The number of pyridine rings is 1. The van der Waals surface area contributed by atoms with E-state index in [9.17, 15) is 14.4 Å². The second-order valence-corrected chi connectivity index (χ2v) is 5.88. The quantitative estimate of drug-likeness (QED) is 0.736. The largest absolute Gasteiger partial charge is 0.467 e. The number of carbonyl (C=O) groups excluding carboxylic acids is 2. The van der Waals surface area contributed by atoms with Gasteiger partial charge in [-0.2, -0.15) is 0 Å². The molecule has 0 saturated carbocycles. The van der Waals surface area contributed by atoms with Crippen LogP contribution in [0.3, 0.4) is 0 Å². The maximum atomic E-state index is 13.2. The van der Waals surface area contributed by atoms with Crippen LogP contribution < -0.4 is 5.43 Å². The number of carbonyl (C=O) groups is 2. The molecule has 0 amide bonds. The van der Waals surface area contributed by atoms with Crippen LogP contribution in [0.15, 0.2) is 29.1 Å². The van der Waals surface area contributed by atoms with E-state index in [1.165, 1.54) is 14.2 Å². The van der Waals surface area contributed by atoms with E-state index < -0.39 is 28.6 Å². The van der Waals surface area contributed by atoms with Crippen LogP contribution in [0.2, 0.25) is 0 Å². The highest BCUT2D eigenvalue weighted by Gasteiger charge is 2.78. The normalized spacial score (nSPS) is 23.9. The van der Waals surface area contributed by atoms with Gasteiger partial charge in [0.05, 0.1) is 31.0 Å². The van der Waals surface area contributed by atoms with Crippen molar-refractivity contribution in [2.45, 2.75) is 11.2 Å². The van der Waals surface area contributed by atoms with Crippen LogP contribution >= 0.6 is 0 Å². The number of fused-ring (bicyclic) bond motifs is 2. The van der Waals surface area contributed by atoms with E-state index in [0.717, 1.165) is 14.2 Å². The first-order chi connectivity index (χ1) is 12.4. The standard InChI is InChI=1S/C18H19NO7/c1-19-11-9-7-6-8-10(11)13(20)12-14(19)18(26-5,16(22)24-3)17(12,25-4)15(21)23-2/h6-9H,1-5H3/t17-,18-/m0/s1. The molecule has 0 radical (unpaired) electrons. The summed E-state index contributed by atoms with van der Waals surface area (Å²) in [6, 6.07) is 6.86. The van der Waals surface area contributed by atoms with Gasteiger partial charge in [-0.3, -0.25) is 4.79 Å². The minimum atomic E-state index is -2.07. The van der Waals surface area contributed by atoms with Crippen LogP contribution in [0.4, 0.5) is 0 Å². The average molecular weight is 361 g/mol. The lowest BCUT2D eigenvalue weighted by Gasteiger charge is -2.53. The molecule has 0 bridgehead atoms. The van der Waals surface area contributed by atoms with Gasteiger partial charge in [-0.25, -0.2) is 9.59 Å². The van der Waals surface area contributed by atoms with Gasteiger partial charge in [-0.1, -0.05) is 12.1 Å². The van der Waals surface area contributed by atoms with Gasteiger partial charge in [0.25, 0.3) is 0 Å². The molecule has 8 heteroatoms. The predicted molar refractivity (Wildman–Crippen MR) is 90.6 cm³/mol. The molecule has 1 aromatic heterocycles. The molecule has 2 aromatic rings. The molecule has 0 fully saturated rings. The molecule has 1 aromatic carbocycles. The van der Waals surface area contributed by atoms with Crippen molar-refractivity contribution in [2.24, 2.45) is 7.05 Å². The van der Waals surface area contributed by atoms with Crippen LogP contribution in [-0.4, -0.2) is 44.9 Å². The number of hydrogen-bond donors (Lipinski definition) is 0. The number of aromatic nitrogens is 1. The third kappa shape index (κ3) is 1.72. The summed E-state index contributed by atoms with van der Waals surface area (Å²) in [5.41, 5.74) is -3.70. The molecule has 26 heavy (non-hydrogen) atoms. The van der Waals surface area contributed by atoms with Crippen LogP contribution in [0, 0.1) is 0 Å². The minimum Gasteiger partial charge on any atom is -0.467 e. The Bertz CT molecular complexity index is 979. The average Bonchev–Trinajstić information content (AvgIpc) is 2.66. The Morgan fingerprint density at radius 2 is 1.46 bits per heavy atom. The van der Waals surface area contributed by atoms with Gasteiger partial charge >= 0.3 is 11.9 Å². The van der Waals surface area contributed by atoms with Gasteiger partial charge < -0.3 is 23.5 Å². The van der Waals surface area contributed by atoms with Crippen molar-refractivity contribution < 1.29 is 28.5 Å². The van der Waals surface area contributed by atoms with Crippen molar-refractivity contribution in [3.63, 3.8) is 0 Å². The molecular weight excluding hydrogens is 342 g/mol. The summed E-state index contributed by atoms with van der Waals surface area (Å²) in [5.74, 6) is -1.79. The van der Waals surface area contributed by atoms with Crippen LogP contribution in [-0.2, 0) is 46.8 Å². The topological polar surface area (TPSA) is 93.1 Å². The lowest BCUT2D eigenvalue weighted by molar-refractivity contribution is -0.247. The fourth-order valence-electron chi connectivity index (χ4n) is 3.93. The summed E-state index contributed by atoms with van der Waals surface area (Å²) < 4.78 is 22.4. The van der Waals surface area contributed by atoms with E-state index in [1.54, 1.807) is 35.9 Å². The zero-order chi connectivity index (χ0) is 19.3. The Kier molecular flexibility index (Phi) is 4.12. The summed E-state index contributed by atoms with van der Waals surface area (Å²) in [6.07, 6.45) is 0. The van der Waals surface area contributed by atoms with Crippen molar-refractivity contribution in [1.29, 1.82) is 0 Å². The summed E-state index contributed by atoms with van der Waals surface area (Å²) >= 11 is 0. The summed E-state index contributed by atoms with van der Waals surface area (Å²) in [4.78, 5) is 38.6. The number of rotatable bonds is 4. The minimum absolute atomic E-state index is 0.000278. The fourth-order valence-corrected chi connectivity index (χ4v) is 3.93. The maximum absolute atomic E-state index is 13.2. The van der Waals surface area contributed by atoms with E-state index in [-0.39, 0.29) is 11.3 Å². The van der Waals surface area contributed by atoms with Crippen molar-refractivity contribution in [3.05, 3.63) is 45.7 Å². The van der Waals surface area contributed by atoms with E-state index in [2.05, 4.69) is 0 Å². The Labute approximate surface area is 149 Å². The summed E-state index contributed by atoms with van der Waals surface area (Å²) in [5, 5.41) is 0.383. The molecule has 138 valence electrons. The van der Waals surface area contributed by atoms with Gasteiger partial charge in [-0.15, -0.1) is 0 Å². The first-order valence-corrected chi connectivity index (χ1v) is 7.78. The van der Waals surface area contributed by atoms with Gasteiger partial charge in [0, 0.05) is 26.7 Å². The number of para-hydroxylation sites is 1. The molecule has 0 aliphatic heterocycles. The summed E-state index contributed by atoms with van der Waals surface area (Å²) in [6.45, 7) is 0. The van der Waals surface area contributed by atoms with E-state index >= 15 is 0 Å². The third-order valence-corrected chi connectivity index (χ3v) is 5.05. The Morgan fingerprint density at radius 3 is 2.00 bits per heavy atom. The van der Waals surface area contributed by atoms with Gasteiger partial charge in [0.2, 0.25) is 11.2 Å². The SMILES string of the molecule is COC(=O)[C@@]1(OC)c2c(n(C)c3ccccc3c2=O)[C@]1(OC)C(=O)OC. The molecule has 0 spiro atoms. The first kappa shape index (κ1) is 18.1. The lowest BCUT2D eigenvalue weighted by Crippen LogP contribution is -2.72. The second-order valence-electron chi connectivity index (χ2n) is 5.88. The Hall–Kier alpha value is -2.71. The lowest BCUT2D eigenvalue weighted by atomic mass is 9.61. The molecule has 1 aliphatic rings. The number of nitrogens with zero attached hydrogens (tertiary/aromatic N) is 1. The zero-order valence-electron chi connectivity index (χ0n) is 15.1. The maximum Gasteiger partial charge on any atom is 0.348 e. The molecule has 0 N–H and O–H groups in total. The Morgan fingerprint density at radius 1 is 0.923 bits per heavy atom. The molecule has 0 saturated heterocycles. The number of aryl methyl sites for hydroxylation is 1. The van der Waals surface area contributed by atoms with Crippen LogP contribution in [0.1, 0.15) is 11.3 Å². The molecule has 1 aliphatic carbocycles. The third-order valence-electron chi connectivity index (χ3n) is 5.05. The van der Waals surface area contributed by atoms with E-state index in [1.807, 2.05) is 0 Å². The highest BCUT2D eigenvalue weighted by atomic mass is 16.6. The molecule has 0 unspecified atom stereocenters. The van der Waals surface area contributed by atoms with Crippen molar-refractivity contribution in [2.75, 3.05) is 28.4 Å². The van der Waals surface area contributed by atoms with E-state index in [4.69, 9.17) is 18.9 Å². The number of methoxy groups -OCH3 is 4. The number of benzene rings is 1. The fraction of sp³-hybridized carbons (Fsp3) is 0.389. The predicted octanol–water partition coefficient (Wildman–Crippen LogP) is 0.581. The number of ether oxygens (including phenoxy) is 4. The molecule has 2 atom stereocenters. The van der Waals surface area contributed by atoms with Gasteiger partial charge in [0.1, 0.15) is 0 Å². The van der Waals surface area contributed by atoms with Crippen LogP contribution in [0.5, 0.6) is 0 Å². The molecule has 1 heterocycles. The molecular formula is C18H19NO7. The summed E-state index contributed by atoms with van der Waals surface area (Å²) in [7, 11) is 6.44. The highest BCUT2D eigenvalue weighted by Crippen LogP contribution is 2.57. The monoisotopic (exact) mass is 361 g/mol. The zero-order valence-corrected chi connectivity index (χ0v) is 15.1. The first-order valence-electron chi connectivity index (χ1n) is 7.78. The highest BCUT2D eigenvalue weighted by molar-refractivity contribution is 6.01. The van der Waals surface area contributed by atoms with Crippen molar-refractivity contribution in [3.8, 4) is 0 Å². The molecule has 8 nitrogen and oxygen atoms in total.